The van der Waals surface area contributed by atoms with Crippen molar-refractivity contribution in [3.05, 3.63) is 29.8 Å². The minimum atomic E-state index is -0.227. The van der Waals surface area contributed by atoms with Gasteiger partial charge in [-0.25, -0.2) is 9.37 Å². The van der Waals surface area contributed by atoms with E-state index in [4.69, 9.17) is 11.6 Å². The molecule has 0 aliphatic heterocycles. The zero-order valence-electron chi connectivity index (χ0n) is 11.8. The van der Waals surface area contributed by atoms with E-state index < -0.39 is 0 Å². The number of alkyl halides is 1. The number of fused-ring (bicyclic) bond motifs is 1. The number of aryl methyl sites for hydroxylation is 1. The molecule has 20 heavy (non-hydrogen) atoms. The van der Waals surface area contributed by atoms with Gasteiger partial charge in [-0.1, -0.05) is 19.8 Å². The minimum Gasteiger partial charge on any atom is -0.325 e. The van der Waals surface area contributed by atoms with E-state index in [-0.39, 0.29) is 5.82 Å². The van der Waals surface area contributed by atoms with Crippen LogP contribution in [0.1, 0.15) is 44.5 Å². The molecule has 1 fully saturated rings. The normalized spacial score (nSPS) is 16.8. The quantitative estimate of drug-likeness (QED) is 0.706. The third-order valence-electron chi connectivity index (χ3n) is 4.18. The first kappa shape index (κ1) is 13.9. The highest BCUT2D eigenvalue weighted by Crippen LogP contribution is 2.39. The number of rotatable bonds is 6. The molecule has 0 amide bonds. The molecule has 2 nitrogen and oxygen atoms in total. The molecule has 1 aliphatic rings. The second-order valence-electron chi connectivity index (χ2n) is 5.71. The SMILES string of the molecule is CCC(CC1CC1)n1c(CCCl)nc2cc(F)ccc21. The third kappa shape index (κ3) is 2.69. The van der Waals surface area contributed by atoms with E-state index in [9.17, 15) is 4.39 Å². The summed E-state index contributed by atoms with van der Waals surface area (Å²) >= 11 is 5.91. The molecule has 1 aromatic heterocycles. The first-order chi connectivity index (χ1) is 9.72. The molecular weight excluding hydrogens is 275 g/mol. The van der Waals surface area contributed by atoms with Gasteiger partial charge in [0.05, 0.1) is 11.0 Å². The largest absolute Gasteiger partial charge is 0.325 e. The van der Waals surface area contributed by atoms with Gasteiger partial charge in [0, 0.05) is 24.4 Å². The van der Waals surface area contributed by atoms with Gasteiger partial charge in [-0.2, -0.15) is 0 Å². The number of aromatic nitrogens is 2. The van der Waals surface area contributed by atoms with Crippen molar-refractivity contribution in [1.29, 1.82) is 0 Å². The monoisotopic (exact) mass is 294 g/mol. The fourth-order valence-corrected chi connectivity index (χ4v) is 3.15. The second-order valence-corrected chi connectivity index (χ2v) is 6.09. The first-order valence-electron chi connectivity index (χ1n) is 7.45. The molecule has 2 aromatic rings. The Morgan fingerprint density at radius 1 is 1.45 bits per heavy atom. The topological polar surface area (TPSA) is 17.8 Å². The van der Waals surface area contributed by atoms with E-state index >= 15 is 0 Å². The number of imidazole rings is 1. The second kappa shape index (κ2) is 5.72. The number of nitrogens with zero attached hydrogens (tertiary/aromatic N) is 2. The molecule has 1 saturated carbocycles. The predicted octanol–water partition coefficient (Wildman–Crippen LogP) is 4.71. The summed E-state index contributed by atoms with van der Waals surface area (Å²) in [5.41, 5.74) is 1.79. The van der Waals surface area contributed by atoms with Gasteiger partial charge < -0.3 is 4.57 Å². The Morgan fingerprint density at radius 2 is 2.25 bits per heavy atom. The van der Waals surface area contributed by atoms with E-state index in [1.54, 1.807) is 0 Å². The molecule has 3 rings (SSSR count). The van der Waals surface area contributed by atoms with Gasteiger partial charge in [-0.05, 0) is 30.9 Å². The fourth-order valence-electron chi connectivity index (χ4n) is 2.98. The standard InChI is InChI=1S/C16H20ClFN2/c1-2-13(9-11-3-4-11)20-15-6-5-12(18)10-14(15)19-16(20)7-8-17/h5-6,10-11,13H,2-4,7-9H2,1H3. The Bertz CT molecular complexity index is 604. The zero-order chi connectivity index (χ0) is 14.1. The van der Waals surface area contributed by atoms with Crippen LogP contribution in [0, 0.1) is 11.7 Å². The van der Waals surface area contributed by atoms with Crippen LogP contribution in [0.3, 0.4) is 0 Å². The molecule has 0 radical (unpaired) electrons. The summed E-state index contributed by atoms with van der Waals surface area (Å²) in [7, 11) is 0. The van der Waals surface area contributed by atoms with E-state index in [2.05, 4.69) is 16.5 Å². The van der Waals surface area contributed by atoms with Crippen molar-refractivity contribution in [3.8, 4) is 0 Å². The Balaban J connectivity index is 2.06. The van der Waals surface area contributed by atoms with Gasteiger partial charge in [-0.15, -0.1) is 11.6 Å². The summed E-state index contributed by atoms with van der Waals surface area (Å²) in [5.74, 6) is 2.18. The molecule has 1 aliphatic carbocycles. The van der Waals surface area contributed by atoms with Crippen molar-refractivity contribution in [2.75, 3.05) is 5.88 Å². The molecule has 0 N–H and O–H groups in total. The maximum absolute atomic E-state index is 13.4. The van der Waals surface area contributed by atoms with E-state index in [0.29, 0.717) is 11.9 Å². The summed E-state index contributed by atoms with van der Waals surface area (Å²) < 4.78 is 15.7. The van der Waals surface area contributed by atoms with Gasteiger partial charge in [0.1, 0.15) is 11.6 Å². The van der Waals surface area contributed by atoms with Crippen LogP contribution in [0.2, 0.25) is 0 Å². The van der Waals surface area contributed by atoms with Crippen molar-refractivity contribution in [2.24, 2.45) is 5.92 Å². The van der Waals surface area contributed by atoms with Crippen LogP contribution in [0.4, 0.5) is 4.39 Å². The number of halogens is 2. The summed E-state index contributed by atoms with van der Waals surface area (Å²) in [6, 6.07) is 5.35. The number of benzene rings is 1. The minimum absolute atomic E-state index is 0.227. The highest BCUT2D eigenvalue weighted by molar-refractivity contribution is 6.17. The Morgan fingerprint density at radius 3 is 2.90 bits per heavy atom. The molecular formula is C16H20ClFN2. The summed E-state index contributed by atoms with van der Waals surface area (Å²) in [5, 5.41) is 0. The van der Waals surface area contributed by atoms with Gasteiger partial charge in [0.2, 0.25) is 0 Å². The van der Waals surface area contributed by atoms with Gasteiger partial charge in [0.15, 0.2) is 0 Å². The molecule has 1 atom stereocenters. The van der Waals surface area contributed by atoms with Crippen LogP contribution in [-0.4, -0.2) is 15.4 Å². The van der Waals surface area contributed by atoms with E-state index in [0.717, 1.165) is 35.6 Å². The van der Waals surface area contributed by atoms with Crippen LogP contribution in [0.25, 0.3) is 11.0 Å². The number of hydrogen-bond acceptors (Lipinski definition) is 1. The molecule has 0 saturated heterocycles. The molecule has 1 aromatic carbocycles. The molecule has 1 unspecified atom stereocenters. The lowest BCUT2D eigenvalue weighted by Gasteiger charge is -2.20. The van der Waals surface area contributed by atoms with Crippen molar-refractivity contribution in [1.82, 2.24) is 9.55 Å². The average molecular weight is 295 g/mol. The van der Waals surface area contributed by atoms with Crippen LogP contribution in [0.5, 0.6) is 0 Å². The first-order valence-corrected chi connectivity index (χ1v) is 7.98. The van der Waals surface area contributed by atoms with Gasteiger partial charge >= 0.3 is 0 Å². The van der Waals surface area contributed by atoms with Gasteiger partial charge in [-0.3, -0.25) is 0 Å². The van der Waals surface area contributed by atoms with E-state index in [1.165, 1.54) is 31.4 Å². The smallest absolute Gasteiger partial charge is 0.125 e. The summed E-state index contributed by atoms with van der Waals surface area (Å²) in [6.07, 6.45) is 5.72. The molecule has 1 heterocycles. The summed E-state index contributed by atoms with van der Waals surface area (Å²) in [6.45, 7) is 2.22. The lowest BCUT2D eigenvalue weighted by atomic mass is 10.1. The van der Waals surface area contributed by atoms with Crippen molar-refractivity contribution < 1.29 is 4.39 Å². The highest BCUT2D eigenvalue weighted by atomic mass is 35.5. The Hall–Kier alpha value is -1.09. The van der Waals surface area contributed by atoms with Gasteiger partial charge in [0.25, 0.3) is 0 Å². The zero-order valence-corrected chi connectivity index (χ0v) is 12.5. The van der Waals surface area contributed by atoms with Crippen molar-refractivity contribution >= 4 is 22.6 Å². The lowest BCUT2D eigenvalue weighted by Crippen LogP contribution is -2.13. The van der Waals surface area contributed by atoms with Crippen LogP contribution in [-0.2, 0) is 6.42 Å². The average Bonchev–Trinajstić information content (AvgIpc) is 3.18. The maximum Gasteiger partial charge on any atom is 0.125 e. The number of hydrogen-bond donors (Lipinski definition) is 0. The predicted molar refractivity (Wildman–Crippen MR) is 80.8 cm³/mol. The summed E-state index contributed by atoms with van der Waals surface area (Å²) in [4.78, 5) is 4.60. The van der Waals surface area contributed by atoms with Crippen molar-refractivity contribution in [3.63, 3.8) is 0 Å². The molecule has 0 bridgehead atoms. The van der Waals surface area contributed by atoms with E-state index in [1.807, 2.05) is 6.07 Å². The van der Waals surface area contributed by atoms with Crippen molar-refractivity contribution in [2.45, 2.75) is 45.1 Å². The highest BCUT2D eigenvalue weighted by Gasteiger charge is 2.27. The molecule has 0 spiro atoms. The third-order valence-corrected chi connectivity index (χ3v) is 4.37. The Labute approximate surface area is 123 Å². The Kier molecular flexibility index (Phi) is 3.97. The van der Waals surface area contributed by atoms with Crippen LogP contribution >= 0.6 is 11.6 Å². The molecule has 108 valence electrons. The van der Waals surface area contributed by atoms with Crippen LogP contribution < -0.4 is 0 Å². The lowest BCUT2D eigenvalue weighted by molar-refractivity contribution is 0.426. The van der Waals surface area contributed by atoms with Crippen LogP contribution in [0.15, 0.2) is 18.2 Å². The molecule has 4 heteroatoms. The fraction of sp³-hybridized carbons (Fsp3) is 0.562. The maximum atomic E-state index is 13.4.